The van der Waals surface area contributed by atoms with Gasteiger partial charge >= 0.3 is 0 Å². The third-order valence-electron chi connectivity index (χ3n) is 4.24. The minimum Gasteiger partial charge on any atom is -0.382 e. The normalized spacial score (nSPS) is 17.4. The Hall–Kier alpha value is -1.76. The maximum atomic E-state index is 3.57. The molecule has 1 heterocycles. The Morgan fingerprint density at radius 1 is 1.00 bits per heavy atom. The summed E-state index contributed by atoms with van der Waals surface area (Å²) in [6, 6.07) is 16.4. The van der Waals surface area contributed by atoms with Gasteiger partial charge in [-0.15, -0.1) is 0 Å². The molecule has 0 saturated carbocycles. The van der Waals surface area contributed by atoms with E-state index in [2.05, 4.69) is 61.6 Å². The van der Waals surface area contributed by atoms with E-state index in [1.165, 1.54) is 40.8 Å². The molecule has 104 valence electrons. The number of anilines is 1. The van der Waals surface area contributed by atoms with Crippen LogP contribution in [0.1, 0.15) is 35.6 Å². The van der Waals surface area contributed by atoms with Gasteiger partial charge in [-0.25, -0.2) is 0 Å². The van der Waals surface area contributed by atoms with Gasteiger partial charge in [0.1, 0.15) is 0 Å². The van der Waals surface area contributed by atoms with Crippen LogP contribution in [0.2, 0.25) is 0 Å². The standard InChI is InChI=1S/C19H23N/c1-14-3-6-16(7-4-14)8-9-17-10-12-19-18(13-17)11-5-15(2)20-19/h3-4,6-7,10,12-13,15,20H,5,8-9,11H2,1-2H3. The highest BCUT2D eigenvalue weighted by Gasteiger charge is 2.13. The molecule has 1 aliphatic heterocycles. The summed E-state index contributed by atoms with van der Waals surface area (Å²) >= 11 is 0. The zero-order valence-electron chi connectivity index (χ0n) is 12.4. The van der Waals surface area contributed by atoms with Crippen LogP contribution in [-0.4, -0.2) is 6.04 Å². The second-order valence-corrected chi connectivity index (χ2v) is 6.06. The first-order valence-electron chi connectivity index (χ1n) is 7.64. The monoisotopic (exact) mass is 265 g/mol. The molecule has 0 saturated heterocycles. The molecule has 1 atom stereocenters. The van der Waals surface area contributed by atoms with E-state index in [1.807, 2.05) is 0 Å². The number of rotatable bonds is 3. The summed E-state index contributed by atoms with van der Waals surface area (Å²) in [5, 5.41) is 3.57. The molecule has 0 bridgehead atoms. The van der Waals surface area contributed by atoms with Gasteiger partial charge in [-0.3, -0.25) is 0 Å². The highest BCUT2D eigenvalue weighted by Crippen LogP contribution is 2.26. The van der Waals surface area contributed by atoms with Crippen molar-refractivity contribution in [2.24, 2.45) is 0 Å². The van der Waals surface area contributed by atoms with Gasteiger partial charge in [0.25, 0.3) is 0 Å². The van der Waals surface area contributed by atoms with Crippen molar-refractivity contribution >= 4 is 5.69 Å². The lowest BCUT2D eigenvalue weighted by molar-refractivity contribution is 0.680. The van der Waals surface area contributed by atoms with Gasteiger partial charge < -0.3 is 5.32 Å². The molecule has 0 radical (unpaired) electrons. The molecule has 3 rings (SSSR count). The lowest BCUT2D eigenvalue weighted by Crippen LogP contribution is -2.21. The van der Waals surface area contributed by atoms with Crippen molar-refractivity contribution in [2.45, 2.75) is 45.6 Å². The molecular weight excluding hydrogens is 242 g/mol. The summed E-state index contributed by atoms with van der Waals surface area (Å²) in [4.78, 5) is 0. The molecule has 1 N–H and O–H groups in total. The van der Waals surface area contributed by atoms with E-state index in [-0.39, 0.29) is 0 Å². The number of aryl methyl sites for hydroxylation is 4. The zero-order valence-corrected chi connectivity index (χ0v) is 12.4. The number of hydrogen-bond donors (Lipinski definition) is 1. The Labute approximate surface area is 122 Å². The highest BCUT2D eigenvalue weighted by molar-refractivity contribution is 5.55. The largest absolute Gasteiger partial charge is 0.382 e. The number of fused-ring (bicyclic) bond motifs is 1. The quantitative estimate of drug-likeness (QED) is 0.860. The van der Waals surface area contributed by atoms with Gasteiger partial charge in [0.15, 0.2) is 0 Å². The minimum absolute atomic E-state index is 0.612. The third kappa shape index (κ3) is 3.04. The summed E-state index contributed by atoms with van der Waals surface area (Å²) in [5.74, 6) is 0. The molecule has 2 aromatic rings. The fourth-order valence-corrected chi connectivity index (χ4v) is 2.90. The van der Waals surface area contributed by atoms with Crippen molar-refractivity contribution in [3.63, 3.8) is 0 Å². The van der Waals surface area contributed by atoms with Crippen LogP contribution < -0.4 is 5.32 Å². The SMILES string of the molecule is Cc1ccc(CCc2ccc3c(c2)CCC(C)N3)cc1. The molecule has 0 aromatic heterocycles. The first-order chi connectivity index (χ1) is 9.70. The summed E-state index contributed by atoms with van der Waals surface area (Å²) in [5.41, 5.74) is 7.05. The zero-order chi connectivity index (χ0) is 13.9. The average Bonchev–Trinajstić information content (AvgIpc) is 2.46. The minimum atomic E-state index is 0.612. The third-order valence-corrected chi connectivity index (χ3v) is 4.24. The molecule has 20 heavy (non-hydrogen) atoms. The van der Waals surface area contributed by atoms with Crippen LogP contribution in [0.5, 0.6) is 0 Å². The first kappa shape index (κ1) is 13.2. The summed E-state index contributed by atoms with van der Waals surface area (Å²) < 4.78 is 0. The number of hydrogen-bond acceptors (Lipinski definition) is 1. The predicted molar refractivity (Wildman–Crippen MR) is 86.4 cm³/mol. The molecule has 1 nitrogen and oxygen atoms in total. The van der Waals surface area contributed by atoms with Crippen molar-refractivity contribution in [3.05, 3.63) is 64.7 Å². The molecule has 1 unspecified atom stereocenters. The Morgan fingerprint density at radius 2 is 1.70 bits per heavy atom. The molecule has 1 aliphatic rings. The van der Waals surface area contributed by atoms with E-state index in [1.54, 1.807) is 0 Å². The van der Waals surface area contributed by atoms with Crippen molar-refractivity contribution in [1.82, 2.24) is 0 Å². The van der Waals surface area contributed by atoms with Gasteiger partial charge in [0, 0.05) is 11.7 Å². The molecule has 0 amide bonds. The van der Waals surface area contributed by atoms with Crippen molar-refractivity contribution in [1.29, 1.82) is 0 Å². The predicted octanol–water partition coefficient (Wildman–Crippen LogP) is 4.53. The van der Waals surface area contributed by atoms with Crippen molar-refractivity contribution in [2.75, 3.05) is 5.32 Å². The summed E-state index contributed by atoms with van der Waals surface area (Å²) in [7, 11) is 0. The lowest BCUT2D eigenvalue weighted by Gasteiger charge is -2.24. The van der Waals surface area contributed by atoms with Crippen molar-refractivity contribution in [3.8, 4) is 0 Å². The highest BCUT2D eigenvalue weighted by atomic mass is 14.9. The Morgan fingerprint density at radius 3 is 2.50 bits per heavy atom. The van der Waals surface area contributed by atoms with Gasteiger partial charge in [0.05, 0.1) is 0 Å². The van der Waals surface area contributed by atoms with Gasteiger partial charge in [-0.2, -0.15) is 0 Å². The second-order valence-electron chi connectivity index (χ2n) is 6.06. The Bertz CT molecular complexity index is 583. The van der Waals surface area contributed by atoms with Crippen LogP contribution in [0, 0.1) is 6.92 Å². The lowest BCUT2D eigenvalue weighted by atomic mass is 9.95. The summed E-state index contributed by atoms with van der Waals surface area (Å²) in [6.45, 7) is 4.40. The molecule has 2 aromatic carbocycles. The van der Waals surface area contributed by atoms with E-state index in [0.717, 1.165) is 12.8 Å². The van der Waals surface area contributed by atoms with Crippen LogP contribution in [0.25, 0.3) is 0 Å². The van der Waals surface area contributed by atoms with Crippen molar-refractivity contribution < 1.29 is 0 Å². The van der Waals surface area contributed by atoms with E-state index < -0.39 is 0 Å². The fourth-order valence-electron chi connectivity index (χ4n) is 2.90. The second kappa shape index (κ2) is 5.70. The van der Waals surface area contributed by atoms with Gasteiger partial charge in [-0.05, 0) is 62.3 Å². The van der Waals surface area contributed by atoms with Crippen LogP contribution in [-0.2, 0) is 19.3 Å². The van der Waals surface area contributed by atoms with Crippen LogP contribution in [0.15, 0.2) is 42.5 Å². The van der Waals surface area contributed by atoms with Crippen LogP contribution in [0.4, 0.5) is 5.69 Å². The van der Waals surface area contributed by atoms with Crippen LogP contribution in [0.3, 0.4) is 0 Å². The maximum absolute atomic E-state index is 3.57. The molecule has 0 spiro atoms. The number of benzene rings is 2. The Kier molecular flexibility index (Phi) is 3.77. The van der Waals surface area contributed by atoms with E-state index in [9.17, 15) is 0 Å². The molecule has 0 aliphatic carbocycles. The first-order valence-corrected chi connectivity index (χ1v) is 7.64. The molecule has 0 fully saturated rings. The van der Waals surface area contributed by atoms with E-state index >= 15 is 0 Å². The summed E-state index contributed by atoms with van der Waals surface area (Å²) in [6.07, 6.45) is 4.71. The topological polar surface area (TPSA) is 12.0 Å². The van der Waals surface area contributed by atoms with E-state index in [4.69, 9.17) is 0 Å². The number of nitrogens with one attached hydrogen (secondary N) is 1. The smallest absolute Gasteiger partial charge is 0.0374 e. The maximum Gasteiger partial charge on any atom is 0.0374 e. The van der Waals surface area contributed by atoms with Gasteiger partial charge in [-0.1, -0.05) is 42.0 Å². The molecular formula is C19H23N. The average molecular weight is 265 g/mol. The van der Waals surface area contributed by atoms with E-state index in [0.29, 0.717) is 6.04 Å². The Balaban J connectivity index is 1.67. The van der Waals surface area contributed by atoms with Crippen LogP contribution >= 0.6 is 0 Å². The molecule has 1 heteroatoms. The fraction of sp³-hybridized carbons (Fsp3) is 0.368. The van der Waals surface area contributed by atoms with Gasteiger partial charge in [0.2, 0.25) is 0 Å².